The van der Waals surface area contributed by atoms with E-state index in [2.05, 4.69) is 21.3 Å². The average Bonchev–Trinajstić information content (AvgIpc) is 3.34. The molecule has 4 aromatic carbocycles. The number of piperidine rings is 2. The number of rotatable bonds is 18. The van der Waals surface area contributed by atoms with Gasteiger partial charge in [-0.05, 0) is 76.6 Å². The minimum Gasteiger partial charge on any atom is -0.368 e. The van der Waals surface area contributed by atoms with E-state index in [-0.39, 0.29) is 42.9 Å². The highest BCUT2D eigenvalue weighted by molar-refractivity contribution is 7.73. The Balaban J connectivity index is 1.17. The van der Waals surface area contributed by atoms with Crippen molar-refractivity contribution < 1.29 is 33.6 Å². The van der Waals surface area contributed by atoms with Crippen LogP contribution in [0.3, 0.4) is 0 Å². The van der Waals surface area contributed by atoms with E-state index in [0.29, 0.717) is 44.9 Å². The van der Waals surface area contributed by atoms with Crippen molar-refractivity contribution in [3.8, 4) is 0 Å². The van der Waals surface area contributed by atoms with Crippen molar-refractivity contribution in [1.29, 1.82) is 0 Å². The summed E-state index contributed by atoms with van der Waals surface area (Å²) in [6.07, 6.45) is 2.76. The van der Waals surface area contributed by atoms with E-state index in [1.165, 1.54) is 13.8 Å². The summed E-state index contributed by atoms with van der Waals surface area (Å²) in [7, 11) is -2.23. The van der Waals surface area contributed by atoms with Crippen LogP contribution < -0.4 is 48.2 Å². The molecule has 0 saturated carbocycles. The zero-order chi connectivity index (χ0) is 47.2. The number of carbonyl (C=O) groups excluding carboxylic acids is 7. The molecule has 66 heavy (non-hydrogen) atoms. The maximum atomic E-state index is 14.7. The summed E-state index contributed by atoms with van der Waals surface area (Å²) < 4.78 is 0. The van der Waals surface area contributed by atoms with Gasteiger partial charge in [0, 0.05) is 45.4 Å². The van der Waals surface area contributed by atoms with E-state index in [4.69, 9.17) is 5.73 Å². The lowest BCUT2D eigenvalue weighted by molar-refractivity contribution is -0.144. The van der Waals surface area contributed by atoms with Crippen LogP contribution in [0.25, 0.3) is 0 Å². The monoisotopic (exact) mass is 933 g/mol. The summed E-state index contributed by atoms with van der Waals surface area (Å²) in [5, 5.41) is 15.4. The molecule has 0 radical (unpaired) electrons. The second-order valence-electron chi connectivity index (χ2n) is 17.0. The molecule has 16 heteroatoms. The van der Waals surface area contributed by atoms with Crippen LogP contribution in [0.2, 0.25) is 0 Å². The number of carbonyl (C=O) groups is 7. The molecule has 2 saturated heterocycles. The fourth-order valence-electron chi connectivity index (χ4n) is 8.49. The second kappa shape index (κ2) is 24.0. The summed E-state index contributed by atoms with van der Waals surface area (Å²) in [6, 6.07) is 35.6. The Hall–Kier alpha value is -5.97. The fourth-order valence-corrected chi connectivity index (χ4v) is 13.3. The van der Waals surface area contributed by atoms with Gasteiger partial charge in [-0.25, -0.2) is 0 Å². The molecule has 2 aliphatic heterocycles. The van der Waals surface area contributed by atoms with Crippen LogP contribution in [0.4, 0.5) is 0 Å². The van der Waals surface area contributed by atoms with Crippen LogP contribution in [0.5, 0.6) is 0 Å². The summed E-state index contributed by atoms with van der Waals surface area (Å²) in [5.74, 6) is -4.03. The predicted octanol–water partition coefficient (Wildman–Crippen LogP) is 2.21. The molecule has 2 fully saturated rings. The first-order valence-electron chi connectivity index (χ1n) is 22.6. The summed E-state index contributed by atoms with van der Waals surface area (Å²) in [5.41, 5.74) is 5.51. The Morgan fingerprint density at radius 2 is 1.00 bits per heavy atom. The molecule has 4 aromatic rings. The normalized spacial score (nSPS) is 18.0. The minimum absolute atomic E-state index is 0.144. The molecule has 0 aliphatic carbocycles. The molecule has 0 bridgehead atoms. The Morgan fingerprint density at radius 1 is 0.561 bits per heavy atom. The number of primary amides is 1. The molecule has 348 valence electrons. The summed E-state index contributed by atoms with van der Waals surface area (Å²) in [4.78, 5) is 97.9. The van der Waals surface area contributed by atoms with Crippen molar-refractivity contribution in [1.82, 2.24) is 31.1 Å². The molecular weight excluding hydrogens is 873 g/mol. The predicted molar refractivity (Wildman–Crippen MR) is 260 cm³/mol. The van der Waals surface area contributed by atoms with Gasteiger partial charge in [-0.1, -0.05) is 121 Å². The van der Waals surface area contributed by atoms with Gasteiger partial charge in [-0.2, -0.15) is 0 Å². The maximum Gasteiger partial charge on any atom is 0.245 e. The van der Waals surface area contributed by atoms with E-state index in [1.54, 1.807) is 16.7 Å². The first kappa shape index (κ1) is 49.5. The molecule has 2 heterocycles. The van der Waals surface area contributed by atoms with Crippen LogP contribution >= 0.6 is 15.8 Å². The van der Waals surface area contributed by atoms with Crippen LogP contribution in [-0.2, 0) is 33.6 Å². The fraction of sp³-hybridized carbons (Fsp3) is 0.380. The Labute approximate surface area is 389 Å². The molecule has 6 atom stereocenters. The topological polar surface area (TPSA) is 200 Å². The van der Waals surface area contributed by atoms with Crippen LogP contribution in [0, 0.1) is 11.8 Å². The van der Waals surface area contributed by atoms with Gasteiger partial charge in [-0.15, -0.1) is 0 Å². The number of nitrogens with zero attached hydrogens (tertiary/aromatic N) is 2. The molecule has 6 N–H and O–H groups in total. The maximum absolute atomic E-state index is 14.7. The van der Waals surface area contributed by atoms with Crippen molar-refractivity contribution in [2.75, 3.05) is 38.5 Å². The molecule has 0 unspecified atom stereocenters. The molecule has 7 amide bonds. The van der Waals surface area contributed by atoms with E-state index in [1.807, 2.05) is 121 Å². The van der Waals surface area contributed by atoms with Gasteiger partial charge in [-0.3, -0.25) is 33.6 Å². The van der Waals surface area contributed by atoms with Crippen molar-refractivity contribution in [2.45, 2.75) is 70.6 Å². The summed E-state index contributed by atoms with van der Waals surface area (Å²) in [6.45, 7) is 5.54. The lowest BCUT2D eigenvalue weighted by atomic mass is 9.92. The summed E-state index contributed by atoms with van der Waals surface area (Å²) >= 11 is 0. The Bertz CT molecular complexity index is 2210. The lowest BCUT2D eigenvalue weighted by Gasteiger charge is -2.39. The van der Waals surface area contributed by atoms with Crippen LogP contribution in [0.1, 0.15) is 46.5 Å². The average molecular weight is 934 g/mol. The highest BCUT2D eigenvalue weighted by atomic mass is 31.1. The molecule has 0 spiro atoms. The van der Waals surface area contributed by atoms with E-state index < -0.39 is 69.6 Å². The SMILES string of the molecule is CC(=O)N[C@@H](C)C(=O)N[C@H](CP(c1ccccc1)c1ccccc1)C(=O)N1CCC[C@@H](C(=O)N2CCC[C@H](C(=O)N[C@H](CP(c3ccccc3)c3ccccc3)C(=O)N[C@@H](C)C(N)=O)C2)C1. The molecule has 14 nitrogen and oxygen atoms in total. The number of benzene rings is 4. The molecule has 6 rings (SSSR count). The van der Waals surface area contributed by atoms with Crippen LogP contribution in [-0.4, -0.2) is 114 Å². The van der Waals surface area contributed by atoms with Crippen molar-refractivity contribution in [3.63, 3.8) is 0 Å². The van der Waals surface area contributed by atoms with Gasteiger partial charge >= 0.3 is 0 Å². The standard InChI is InChI=1S/C50H61N7O7P2/c1-34(45(51)59)53-48(62)43(32-65(39-20-8-4-9-21-39)40-22-10-5-11-23-40)54-47(61)37-18-16-28-56(30-37)49(63)38-19-17-29-57(31-38)50(64)44(55-46(60)35(2)52-36(3)58)33-66(41-24-12-6-13-25-41)42-26-14-7-15-27-42/h4-15,20-27,34-35,37-38,43-44H,16-19,28-33H2,1-3H3,(H2,51,59)(H,52,58)(H,53,62)(H,54,61)(H,55,60)/t34-,35-,37-,38+,43+,44+/m0/s1. The van der Waals surface area contributed by atoms with Crippen molar-refractivity contribution in [2.24, 2.45) is 17.6 Å². The number of hydrogen-bond acceptors (Lipinski definition) is 7. The smallest absolute Gasteiger partial charge is 0.245 e. The zero-order valence-corrected chi connectivity index (χ0v) is 39.6. The largest absolute Gasteiger partial charge is 0.368 e. The van der Waals surface area contributed by atoms with Gasteiger partial charge in [0.1, 0.15) is 24.2 Å². The number of nitrogens with one attached hydrogen (secondary N) is 4. The third-order valence-electron chi connectivity index (χ3n) is 12.0. The number of likely N-dealkylation sites (tertiary alicyclic amines) is 2. The Morgan fingerprint density at radius 3 is 1.47 bits per heavy atom. The first-order valence-corrected chi connectivity index (χ1v) is 25.6. The molecule has 2 aliphatic rings. The van der Waals surface area contributed by atoms with Gasteiger partial charge < -0.3 is 36.8 Å². The van der Waals surface area contributed by atoms with Crippen molar-refractivity contribution >= 4 is 78.4 Å². The lowest BCUT2D eigenvalue weighted by Crippen LogP contribution is -2.58. The molecular formula is C50H61N7O7P2. The van der Waals surface area contributed by atoms with Gasteiger partial charge in [0.2, 0.25) is 41.4 Å². The van der Waals surface area contributed by atoms with Crippen LogP contribution in [0.15, 0.2) is 121 Å². The first-order chi connectivity index (χ1) is 31.8. The quantitative estimate of drug-likeness (QED) is 0.0943. The van der Waals surface area contributed by atoms with E-state index in [0.717, 1.165) is 21.2 Å². The Kier molecular flexibility index (Phi) is 18.0. The zero-order valence-electron chi connectivity index (χ0n) is 37.8. The number of nitrogens with two attached hydrogens (primary N) is 1. The van der Waals surface area contributed by atoms with Gasteiger partial charge in [0.15, 0.2) is 0 Å². The third-order valence-corrected chi connectivity index (χ3v) is 17.2. The van der Waals surface area contributed by atoms with E-state index >= 15 is 0 Å². The minimum atomic E-state index is -1.12. The van der Waals surface area contributed by atoms with Gasteiger partial charge in [0.25, 0.3) is 0 Å². The number of hydrogen-bond donors (Lipinski definition) is 5. The second-order valence-corrected chi connectivity index (χ2v) is 21.5. The third kappa shape index (κ3) is 13.5. The highest BCUT2D eigenvalue weighted by Gasteiger charge is 2.39. The van der Waals surface area contributed by atoms with Gasteiger partial charge in [0.05, 0.1) is 11.8 Å². The van der Waals surface area contributed by atoms with E-state index in [9.17, 15) is 33.6 Å². The number of amides is 7. The molecule has 0 aromatic heterocycles. The van der Waals surface area contributed by atoms with Crippen molar-refractivity contribution in [3.05, 3.63) is 121 Å². The highest BCUT2D eigenvalue weighted by Crippen LogP contribution is 2.36.